The summed E-state index contributed by atoms with van der Waals surface area (Å²) < 4.78 is 0. The summed E-state index contributed by atoms with van der Waals surface area (Å²) in [4.78, 5) is 12.6. The topological polar surface area (TPSA) is 20.3 Å². The van der Waals surface area contributed by atoms with Crippen molar-refractivity contribution in [3.8, 4) is 0 Å². The number of anilines is 1. The zero-order valence-corrected chi connectivity index (χ0v) is 11.2. The van der Waals surface area contributed by atoms with Gasteiger partial charge in [-0.2, -0.15) is 0 Å². The molecule has 0 N–H and O–H groups in total. The molecule has 2 aromatic rings. The highest BCUT2D eigenvalue weighted by atomic mass is 16.1. The number of aldehydes is 1. The van der Waals surface area contributed by atoms with Crippen molar-refractivity contribution in [2.75, 3.05) is 19.0 Å². The summed E-state index contributed by atoms with van der Waals surface area (Å²) in [7, 11) is 4.05. The van der Waals surface area contributed by atoms with Crippen LogP contribution in [-0.2, 0) is 0 Å². The Hall–Kier alpha value is -2.35. The predicted molar refractivity (Wildman–Crippen MR) is 81.5 cm³/mol. The van der Waals surface area contributed by atoms with Crippen LogP contribution in [0.1, 0.15) is 21.5 Å². The standard InChI is InChI=1S/C17H17NO/c1-18(2)17-11-9-15(10-12-17)4-3-14-5-7-16(13-19)8-6-14/h3-13H,1-2H3/b4-3+. The average Bonchev–Trinajstić information content (AvgIpc) is 2.46. The van der Waals surface area contributed by atoms with Crippen LogP contribution in [0.3, 0.4) is 0 Å². The van der Waals surface area contributed by atoms with E-state index in [1.54, 1.807) is 0 Å². The molecule has 2 aromatic carbocycles. The molecule has 0 aliphatic carbocycles. The van der Waals surface area contributed by atoms with Crippen LogP contribution in [0.15, 0.2) is 48.5 Å². The van der Waals surface area contributed by atoms with E-state index >= 15 is 0 Å². The summed E-state index contributed by atoms with van der Waals surface area (Å²) in [6.45, 7) is 0. The van der Waals surface area contributed by atoms with Crippen molar-refractivity contribution in [2.24, 2.45) is 0 Å². The van der Waals surface area contributed by atoms with Crippen molar-refractivity contribution in [3.05, 3.63) is 65.2 Å². The van der Waals surface area contributed by atoms with Crippen LogP contribution in [0.2, 0.25) is 0 Å². The fourth-order valence-corrected chi connectivity index (χ4v) is 1.76. The number of hydrogen-bond acceptors (Lipinski definition) is 2. The minimum absolute atomic E-state index is 0.701. The van der Waals surface area contributed by atoms with Crippen LogP contribution in [0, 0.1) is 0 Å². The van der Waals surface area contributed by atoms with Crippen molar-refractivity contribution in [3.63, 3.8) is 0 Å². The van der Waals surface area contributed by atoms with Crippen molar-refractivity contribution < 1.29 is 4.79 Å². The molecule has 0 aromatic heterocycles. The van der Waals surface area contributed by atoms with Crippen molar-refractivity contribution >= 4 is 24.1 Å². The lowest BCUT2D eigenvalue weighted by atomic mass is 10.1. The Labute approximate surface area is 114 Å². The number of nitrogens with zero attached hydrogens (tertiary/aromatic N) is 1. The molecule has 2 heteroatoms. The maximum absolute atomic E-state index is 10.6. The summed E-state index contributed by atoms with van der Waals surface area (Å²) in [5, 5.41) is 0. The molecule has 0 amide bonds. The number of carbonyl (C=O) groups excluding carboxylic acids is 1. The van der Waals surface area contributed by atoms with Gasteiger partial charge in [0.25, 0.3) is 0 Å². The van der Waals surface area contributed by atoms with Crippen molar-refractivity contribution in [2.45, 2.75) is 0 Å². The number of hydrogen-bond donors (Lipinski definition) is 0. The van der Waals surface area contributed by atoms with Crippen molar-refractivity contribution in [1.29, 1.82) is 0 Å². The molecule has 0 fully saturated rings. The highest BCUT2D eigenvalue weighted by Crippen LogP contribution is 2.14. The quantitative estimate of drug-likeness (QED) is 0.609. The molecule has 0 atom stereocenters. The van der Waals surface area contributed by atoms with Crippen molar-refractivity contribution in [1.82, 2.24) is 0 Å². The Balaban J connectivity index is 2.10. The molecule has 96 valence electrons. The van der Waals surface area contributed by atoms with E-state index in [-0.39, 0.29) is 0 Å². The molecule has 0 spiro atoms. The number of benzene rings is 2. The van der Waals surface area contributed by atoms with E-state index in [1.165, 1.54) is 5.69 Å². The first-order valence-corrected chi connectivity index (χ1v) is 6.20. The molecule has 2 nitrogen and oxygen atoms in total. The van der Waals surface area contributed by atoms with Crippen LogP contribution < -0.4 is 4.90 Å². The molecule has 0 heterocycles. The molecule has 0 aliphatic rings. The van der Waals surface area contributed by atoms with E-state index in [4.69, 9.17) is 0 Å². The Morgan fingerprint density at radius 1 is 0.737 bits per heavy atom. The van der Waals surface area contributed by atoms with Gasteiger partial charge in [0.2, 0.25) is 0 Å². The third kappa shape index (κ3) is 3.55. The molecule has 0 unspecified atom stereocenters. The summed E-state index contributed by atoms with van der Waals surface area (Å²) in [5.41, 5.74) is 4.13. The molecule has 0 saturated heterocycles. The average molecular weight is 251 g/mol. The molecule has 0 radical (unpaired) electrons. The molecular weight excluding hydrogens is 234 g/mol. The van der Waals surface area contributed by atoms with E-state index in [2.05, 4.69) is 35.2 Å². The monoisotopic (exact) mass is 251 g/mol. The van der Waals surface area contributed by atoms with Gasteiger partial charge in [-0.15, -0.1) is 0 Å². The smallest absolute Gasteiger partial charge is 0.150 e. The van der Waals surface area contributed by atoms with E-state index in [1.807, 2.05) is 44.4 Å². The summed E-state index contributed by atoms with van der Waals surface area (Å²) in [6.07, 6.45) is 4.96. The van der Waals surface area contributed by atoms with Gasteiger partial charge in [0, 0.05) is 25.3 Å². The van der Waals surface area contributed by atoms with Gasteiger partial charge in [-0.1, -0.05) is 48.6 Å². The Morgan fingerprint density at radius 3 is 1.58 bits per heavy atom. The fraction of sp³-hybridized carbons (Fsp3) is 0.118. The van der Waals surface area contributed by atoms with E-state index in [9.17, 15) is 4.79 Å². The second kappa shape index (κ2) is 6.01. The largest absolute Gasteiger partial charge is 0.378 e. The Bertz CT molecular complexity index is 565. The molecule has 19 heavy (non-hydrogen) atoms. The molecule has 0 saturated carbocycles. The van der Waals surface area contributed by atoms with Gasteiger partial charge in [-0.25, -0.2) is 0 Å². The number of rotatable bonds is 4. The molecular formula is C17H17NO. The molecule has 0 aliphatic heterocycles. The SMILES string of the molecule is CN(C)c1ccc(/C=C/c2ccc(C=O)cc2)cc1. The van der Waals surface area contributed by atoms with Crippen LogP contribution in [-0.4, -0.2) is 20.4 Å². The van der Waals surface area contributed by atoms with Gasteiger partial charge in [-0.05, 0) is 23.3 Å². The van der Waals surface area contributed by atoms with Crippen LogP contribution in [0.4, 0.5) is 5.69 Å². The van der Waals surface area contributed by atoms with Gasteiger partial charge in [0.1, 0.15) is 6.29 Å². The Kier molecular flexibility index (Phi) is 4.14. The lowest BCUT2D eigenvalue weighted by molar-refractivity contribution is 0.112. The first kappa shape index (κ1) is 13.1. The van der Waals surface area contributed by atoms with Gasteiger partial charge in [-0.3, -0.25) is 4.79 Å². The van der Waals surface area contributed by atoms with E-state index in [0.717, 1.165) is 17.4 Å². The fourth-order valence-electron chi connectivity index (χ4n) is 1.76. The third-order valence-electron chi connectivity index (χ3n) is 2.95. The lowest BCUT2D eigenvalue weighted by Crippen LogP contribution is -2.07. The Morgan fingerprint density at radius 2 is 1.16 bits per heavy atom. The second-order valence-corrected chi connectivity index (χ2v) is 4.60. The van der Waals surface area contributed by atoms with Gasteiger partial charge in [0.15, 0.2) is 0 Å². The zero-order chi connectivity index (χ0) is 13.7. The maximum atomic E-state index is 10.6. The minimum atomic E-state index is 0.701. The number of carbonyl (C=O) groups is 1. The van der Waals surface area contributed by atoms with Gasteiger partial charge < -0.3 is 4.90 Å². The van der Waals surface area contributed by atoms with E-state index < -0.39 is 0 Å². The van der Waals surface area contributed by atoms with Gasteiger partial charge in [0.05, 0.1) is 0 Å². The third-order valence-corrected chi connectivity index (χ3v) is 2.95. The maximum Gasteiger partial charge on any atom is 0.150 e. The first-order chi connectivity index (χ1) is 9.19. The second-order valence-electron chi connectivity index (χ2n) is 4.60. The summed E-state index contributed by atoms with van der Waals surface area (Å²) in [5.74, 6) is 0. The molecule has 0 bridgehead atoms. The first-order valence-electron chi connectivity index (χ1n) is 6.20. The summed E-state index contributed by atoms with van der Waals surface area (Å²) >= 11 is 0. The van der Waals surface area contributed by atoms with Crippen LogP contribution in [0.25, 0.3) is 12.2 Å². The van der Waals surface area contributed by atoms with Crippen LogP contribution in [0.5, 0.6) is 0 Å². The highest BCUT2D eigenvalue weighted by Gasteiger charge is 1.94. The minimum Gasteiger partial charge on any atom is -0.378 e. The van der Waals surface area contributed by atoms with Gasteiger partial charge >= 0.3 is 0 Å². The lowest BCUT2D eigenvalue weighted by Gasteiger charge is -2.11. The highest BCUT2D eigenvalue weighted by molar-refractivity contribution is 5.76. The van der Waals surface area contributed by atoms with Crippen LogP contribution >= 0.6 is 0 Å². The predicted octanol–water partition coefficient (Wildman–Crippen LogP) is 3.74. The summed E-state index contributed by atoms with van der Waals surface area (Å²) in [6, 6.07) is 15.9. The zero-order valence-electron chi connectivity index (χ0n) is 11.2. The molecule has 2 rings (SSSR count). The normalized spacial score (nSPS) is 10.6. The van der Waals surface area contributed by atoms with E-state index in [0.29, 0.717) is 5.56 Å².